The van der Waals surface area contributed by atoms with E-state index in [0.717, 1.165) is 6.08 Å². The molecule has 0 radical (unpaired) electrons. The van der Waals surface area contributed by atoms with E-state index in [9.17, 15) is 14.0 Å². The second-order valence-corrected chi connectivity index (χ2v) is 6.88. The Morgan fingerprint density at radius 1 is 1.30 bits per heavy atom. The Hall–Kier alpha value is -2.93. The first-order chi connectivity index (χ1) is 12.7. The number of hydrogen-bond donors (Lipinski definition) is 3. The van der Waals surface area contributed by atoms with E-state index >= 15 is 0 Å². The maximum absolute atomic E-state index is 13.0. The number of carbonyl (C=O) groups is 2. The van der Waals surface area contributed by atoms with Crippen LogP contribution in [-0.4, -0.2) is 34.1 Å². The van der Waals surface area contributed by atoms with E-state index in [1.807, 2.05) is 13.8 Å². The fourth-order valence-electron chi connectivity index (χ4n) is 2.17. The summed E-state index contributed by atoms with van der Waals surface area (Å²) in [6, 6.07) is 6.86. The number of halogens is 2. The lowest BCUT2D eigenvalue weighted by Gasteiger charge is -2.27. The molecular weight excluding hydrogens is 373 g/mol. The average Bonchev–Trinajstić information content (AvgIpc) is 2.59. The molecule has 0 spiro atoms. The highest BCUT2D eigenvalue weighted by atomic mass is 35.5. The van der Waals surface area contributed by atoms with Crippen molar-refractivity contribution in [2.24, 2.45) is 0 Å². The molecule has 0 unspecified atom stereocenters. The summed E-state index contributed by atoms with van der Waals surface area (Å²) in [4.78, 5) is 27.0. The van der Waals surface area contributed by atoms with Crippen LogP contribution < -0.4 is 10.6 Å². The number of hydrogen-bond acceptors (Lipinski definition) is 4. The Morgan fingerprint density at radius 3 is 2.56 bits per heavy atom. The standard InChI is InChI=1S/C19H19ClFN3O3/c1-19(2,24-18(27)13-4-6-14(21)7-5-13)11-23-17-15(20)9-12(10-22-17)3-8-16(25)26/h3-10H,11H2,1-2H3,(H,22,23)(H,24,27)(H,25,26)/b8-3+. The zero-order valence-corrected chi connectivity index (χ0v) is 15.5. The number of nitrogens with zero attached hydrogens (tertiary/aromatic N) is 1. The molecule has 0 aliphatic rings. The number of carboxylic acids is 1. The van der Waals surface area contributed by atoms with Gasteiger partial charge in [-0.15, -0.1) is 0 Å². The largest absolute Gasteiger partial charge is 0.478 e. The van der Waals surface area contributed by atoms with Crippen molar-refractivity contribution in [3.8, 4) is 0 Å². The highest BCUT2D eigenvalue weighted by molar-refractivity contribution is 6.33. The van der Waals surface area contributed by atoms with Gasteiger partial charge in [0, 0.05) is 24.4 Å². The molecule has 142 valence electrons. The zero-order chi connectivity index (χ0) is 20.0. The van der Waals surface area contributed by atoms with E-state index in [0.29, 0.717) is 28.5 Å². The van der Waals surface area contributed by atoms with Crippen LogP contribution in [0.3, 0.4) is 0 Å². The molecule has 0 fully saturated rings. The molecule has 0 bridgehead atoms. The van der Waals surface area contributed by atoms with Crippen molar-refractivity contribution in [3.05, 3.63) is 64.6 Å². The highest BCUT2D eigenvalue weighted by Gasteiger charge is 2.21. The van der Waals surface area contributed by atoms with Crippen molar-refractivity contribution in [2.45, 2.75) is 19.4 Å². The number of carbonyl (C=O) groups excluding carboxylic acids is 1. The summed E-state index contributed by atoms with van der Waals surface area (Å²) in [7, 11) is 0. The minimum absolute atomic E-state index is 0.322. The van der Waals surface area contributed by atoms with Gasteiger partial charge in [0.1, 0.15) is 11.6 Å². The Bertz CT molecular complexity index is 867. The molecule has 3 N–H and O–H groups in total. The van der Waals surface area contributed by atoms with E-state index < -0.39 is 17.3 Å². The summed E-state index contributed by atoms with van der Waals surface area (Å²) in [5.41, 5.74) is 0.269. The number of rotatable bonds is 7. The summed E-state index contributed by atoms with van der Waals surface area (Å²) >= 11 is 6.16. The van der Waals surface area contributed by atoms with Gasteiger partial charge < -0.3 is 15.7 Å². The Balaban J connectivity index is 1.98. The third kappa shape index (κ3) is 6.38. The molecule has 0 saturated heterocycles. The maximum Gasteiger partial charge on any atom is 0.328 e. The first-order valence-electron chi connectivity index (χ1n) is 8.05. The zero-order valence-electron chi connectivity index (χ0n) is 14.8. The molecule has 27 heavy (non-hydrogen) atoms. The molecule has 6 nitrogen and oxygen atoms in total. The molecule has 2 aromatic rings. The Morgan fingerprint density at radius 2 is 1.96 bits per heavy atom. The normalized spacial score (nSPS) is 11.4. The van der Waals surface area contributed by atoms with Crippen LogP contribution in [0.1, 0.15) is 29.8 Å². The fourth-order valence-corrected chi connectivity index (χ4v) is 2.41. The van der Waals surface area contributed by atoms with E-state index in [1.54, 1.807) is 6.07 Å². The molecule has 1 aromatic heterocycles. The number of benzene rings is 1. The van der Waals surface area contributed by atoms with Gasteiger partial charge in [-0.1, -0.05) is 11.6 Å². The number of amides is 1. The Labute approximate surface area is 161 Å². The van der Waals surface area contributed by atoms with E-state index in [4.69, 9.17) is 16.7 Å². The fraction of sp³-hybridized carbons (Fsp3) is 0.211. The van der Waals surface area contributed by atoms with Gasteiger partial charge in [-0.3, -0.25) is 4.79 Å². The third-order valence-electron chi connectivity index (χ3n) is 3.54. The van der Waals surface area contributed by atoms with E-state index in [1.165, 1.54) is 36.5 Å². The van der Waals surface area contributed by atoms with Gasteiger partial charge in [0.15, 0.2) is 0 Å². The van der Waals surface area contributed by atoms with Gasteiger partial charge in [0.05, 0.1) is 10.6 Å². The van der Waals surface area contributed by atoms with Crippen LogP contribution in [0.2, 0.25) is 5.02 Å². The number of aromatic nitrogens is 1. The van der Waals surface area contributed by atoms with Crippen molar-refractivity contribution >= 4 is 35.4 Å². The van der Waals surface area contributed by atoms with Gasteiger partial charge >= 0.3 is 5.97 Å². The van der Waals surface area contributed by atoms with Crippen LogP contribution in [0.4, 0.5) is 10.2 Å². The topological polar surface area (TPSA) is 91.3 Å². The number of nitrogens with one attached hydrogen (secondary N) is 2. The second kappa shape index (κ2) is 8.64. The lowest BCUT2D eigenvalue weighted by molar-refractivity contribution is -0.131. The maximum atomic E-state index is 13.0. The summed E-state index contributed by atoms with van der Waals surface area (Å²) < 4.78 is 13.0. The SMILES string of the molecule is CC(C)(CNc1ncc(/C=C/C(=O)O)cc1Cl)NC(=O)c1ccc(F)cc1. The molecule has 0 aliphatic heterocycles. The van der Waals surface area contributed by atoms with Crippen LogP contribution in [-0.2, 0) is 4.79 Å². The molecule has 8 heteroatoms. The highest BCUT2D eigenvalue weighted by Crippen LogP contribution is 2.21. The first kappa shape index (κ1) is 20.4. The summed E-state index contributed by atoms with van der Waals surface area (Å²) in [6.45, 7) is 3.97. The van der Waals surface area contributed by atoms with Crippen molar-refractivity contribution in [1.29, 1.82) is 0 Å². The molecule has 1 amide bonds. The summed E-state index contributed by atoms with van der Waals surface area (Å²) in [5.74, 6) is -1.38. The van der Waals surface area contributed by atoms with Gasteiger partial charge in [-0.25, -0.2) is 14.2 Å². The molecule has 2 rings (SSSR count). The van der Waals surface area contributed by atoms with Gasteiger partial charge in [-0.2, -0.15) is 0 Å². The lowest BCUT2D eigenvalue weighted by atomic mass is 10.0. The molecule has 0 saturated carbocycles. The van der Waals surface area contributed by atoms with Crippen LogP contribution in [0, 0.1) is 5.82 Å². The number of aliphatic carboxylic acids is 1. The molecule has 0 aliphatic carbocycles. The van der Waals surface area contributed by atoms with E-state index in [-0.39, 0.29) is 5.91 Å². The molecular formula is C19H19ClFN3O3. The van der Waals surface area contributed by atoms with Crippen molar-refractivity contribution < 1.29 is 19.1 Å². The van der Waals surface area contributed by atoms with Gasteiger partial charge in [0.2, 0.25) is 0 Å². The minimum atomic E-state index is -1.06. The second-order valence-electron chi connectivity index (χ2n) is 6.47. The predicted molar refractivity (Wildman–Crippen MR) is 102 cm³/mol. The van der Waals surface area contributed by atoms with Gasteiger partial charge in [-0.05, 0) is 55.8 Å². The van der Waals surface area contributed by atoms with Crippen molar-refractivity contribution in [3.63, 3.8) is 0 Å². The molecule has 0 atom stereocenters. The molecule has 1 heterocycles. The van der Waals surface area contributed by atoms with Crippen molar-refractivity contribution in [1.82, 2.24) is 10.3 Å². The van der Waals surface area contributed by atoms with E-state index in [2.05, 4.69) is 15.6 Å². The average molecular weight is 392 g/mol. The first-order valence-corrected chi connectivity index (χ1v) is 8.42. The van der Waals surface area contributed by atoms with Gasteiger partial charge in [0.25, 0.3) is 5.91 Å². The smallest absolute Gasteiger partial charge is 0.328 e. The lowest BCUT2D eigenvalue weighted by Crippen LogP contribution is -2.48. The number of carboxylic acid groups (broad SMARTS) is 1. The van der Waals surface area contributed by atoms with Crippen LogP contribution in [0.15, 0.2) is 42.6 Å². The quantitative estimate of drug-likeness (QED) is 0.627. The minimum Gasteiger partial charge on any atom is -0.478 e. The van der Waals surface area contributed by atoms with Crippen LogP contribution >= 0.6 is 11.6 Å². The number of pyridine rings is 1. The number of anilines is 1. The molecule has 1 aromatic carbocycles. The predicted octanol–water partition coefficient (Wildman–Crippen LogP) is 3.59. The van der Waals surface area contributed by atoms with Crippen molar-refractivity contribution in [2.75, 3.05) is 11.9 Å². The summed E-state index contributed by atoms with van der Waals surface area (Å²) in [5, 5.41) is 14.9. The van der Waals surface area contributed by atoms with Crippen LogP contribution in [0.25, 0.3) is 6.08 Å². The summed E-state index contributed by atoms with van der Waals surface area (Å²) in [6.07, 6.45) is 3.87. The Kier molecular flexibility index (Phi) is 6.52. The third-order valence-corrected chi connectivity index (χ3v) is 3.82. The van der Waals surface area contributed by atoms with Crippen LogP contribution in [0.5, 0.6) is 0 Å². The monoisotopic (exact) mass is 391 g/mol.